The van der Waals surface area contributed by atoms with Crippen molar-refractivity contribution < 1.29 is 19.4 Å². The van der Waals surface area contributed by atoms with Gasteiger partial charge in [0.2, 0.25) is 0 Å². The zero-order valence-electron chi connectivity index (χ0n) is 10.7. The van der Waals surface area contributed by atoms with Crippen LogP contribution in [0.1, 0.15) is 29.6 Å². The van der Waals surface area contributed by atoms with Gasteiger partial charge < -0.3 is 14.6 Å². The van der Waals surface area contributed by atoms with Crippen molar-refractivity contribution in [3.8, 4) is 11.5 Å². The molecule has 0 spiro atoms. The molecule has 0 aliphatic heterocycles. The van der Waals surface area contributed by atoms with Gasteiger partial charge >= 0.3 is 0 Å². The highest BCUT2D eigenvalue weighted by atomic mass is 16.5. The number of ketones is 1. The fraction of sp³-hybridized carbons (Fsp3) is 0.500. The zero-order chi connectivity index (χ0) is 13.2. The van der Waals surface area contributed by atoms with Crippen molar-refractivity contribution >= 4 is 5.78 Å². The first-order chi connectivity index (χ1) is 8.66. The fourth-order valence-electron chi connectivity index (χ4n) is 2.34. The second-order valence-electron chi connectivity index (χ2n) is 4.69. The summed E-state index contributed by atoms with van der Waals surface area (Å²) in [6.07, 6.45) is 2.52. The highest BCUT2D eigenvalue weighted by Gasteiger charge is 2.43. The lowest BCUT2D eigenvalue weighted by Gasteiger charge is -2.38. The molecule has 18 heavy (non-hydrogen) atoms. The molecule has 4 heteroatoms. The molecular formula is C14H18O4. The minimum atomic E-state index is -0.570. The molecule has 2 rings (SSSR count). The summed E-state index contributed by atoms with van der Waals surface area (Å²) in [6.45, 7) is -0.0832. The molecule has 0 saturated heterocycles. The number of ether oxygens (including phenoxy) is 2. The molecule has 1 aromatic rings. The van der Waals surface area contributed by atoms with E-state index in [-0.39, 0.29) is 12.4 Å². The highest BCUT2D eigenvalue weighted by molar-refractivity contribution is 6.01. The average molecular weight is 250 g/mol. The predicted octanol–water partition coefficient (Wildman–Crippen LogP) is 2.05. The van der Waals surface area contributed by atoms with Crippen molar-refractivity contribution in [2.75, 3.05) is 20.8 Å². The third-order valence-electron chi connectivity index (χ3n) is 3.74. The van der Waals surface area contributed by atoms with Gasteiger partial charge in [-0.2, -0.15) is 0 Å². The van der Waals surface area contributed by atoms with Crippen LogP contribution in [0.5, 0.6) is 11.5 Å². The first-order valence-corrected chi connectivity index (χ1v) is 6.04. The van der Waals surface area contributed by atoms with Crippen LogP contribution in [0.4, 0.5) is 0 Å². The van der Waals surface area contributed by atoms with Crippen LogP contribution < -0.4 is 9.47 Å². The number of aliphatic hydroxyl groups is 1. The van der Waals surface area contributed by atoms with Gasteiger partial charge in [0.25, 0.3) is 0 Å². The fourth-order valence-corrected chi connectivity index (χ4v) is 2.34. The molecule has 0 heterocycles. The largest absolute Gasteiger partial charge is 0.493 e. The minimum absolute atomic E-state index is 0.00259. The maximum atomic E-state index is 12.4. The number of methoxy groups -OCH3 is 2. The van der Waals surface area contributed by atoms with Crippen LogP contribution in [-0.2, 0) is 0 Å². The van der Waals surface area contributed by atoms with E-state index in [0.717, 1.165) is 19.3 Å². The normalized spacial score (nSPS) is 16.8. The van der Waals surface area contributed by atoms with E-state index >= 15 is 0 Å². The standard InChI is InChI=1S/C14H18O4/c1-17-11-5-4-10(8-12(11)18-2)13(16)14(9-15)6-3-7-14/h4-5,8,15H,3,6-7,9H2,1-2H3. The van der Waals surface area contributed by atoms with E-state index < -0.39 is 5.41 Å². The molecule has 1 fully saturated rings. The number of aliphatic hydroxyl groups excluding tert-OH is 1. The van der Waals surface area contributed by atoms with Crippen LogP contribution in [0, 0.1) is 5.41 Å². The predicted molar refractivity (Wildman–Crippen MR) is 67.2 cm³/mol. The quantitative estimate of drug-likeness (QED) is 0.813. The van der Waals surface area contributed by atoms with Crippen LogP contribution in [0.3, 0.4) is 0 Å². The Bertz CT molecular complexity index is 444. The summed E-state index contributed by atoms with van der Waals surface area (Å²) in [7, 11) is 3.10. The number of hydrogen-bond donors (Lipinski definition) is 1. The number of Topliss-reactive ketones (excluding diaryl/α,β-unsaturated/α-hetero) is 1. The van der Waals surface area contributed by atoms with E-state index in [1.807, 2.05) is 0 Å². The van der Waals surface area contributed by atoms with E-state index in [4.69, 9.17) is 9.47 Å². The second kappa shape index (κ2) is 4.98. The second-order valence-corrected chi connectivity index (χ2v) is 4.69. The Morgan fingerprint density at radius 1 is 1.28 bits per heavy atom. The lowest BCUT2D eigenvalue weighted by atomic mass is 9.65. The Labute approximate surface area is 107 Å². The summed E-state index contributed by atoms with van der Waals surface area (Å²) in [5, 5.41) is 9.42. The van der Waals surface area contributed by atoms with Gasteiger partial charge in [-0.05, 0) is 31.0 Å². The summed E-state index contributed by atoms with van der Waals surface area (Å²) < 4.78 is 10.3. The Hall–Kier alpha value is -1.55. The van der Waals surface area contributed by atoms with Gasteiger partial charge in [-0.25, -0.2) is 0 Å². The maximum Gasteiger partial charge on any atom is 0.171 e. The maximum absolute atomic E-state index is 12.4. The topological polar surface area (TPSA) is 55.8 Å². The van der Waals surface area contributed by atoms with Gasteiger partial charge in [-0.3, -0.25) is 4.79 Å². The number of carbonyl (C=O) groups is 1. The smallest absolute Gasteiger partial charge is 0.171 e. The molecule has 1 aliphatic rings. The molecule has 1 N–H and O–H groups in total. The summed E-state index contributed by atoms with van der Waals surface area (Å²) in [6, 6.07) is 5.12. The molecule has 0 amide bonds. The van der Waals surface area contributed by atoms with E-state index in [1.54, 1.807) is 25.3 Å². The highest BCUT2D eigenvalue weighted by Crippen LogP contribution is 2.43. The van der Waals surface area contributed by atoms with Crippen LogP contribution in [-0.4, -0.2) is 31.7 Å². The Morgan fingerprint density at radius 2 is 1.94 bits per heavy atom. The van der Waals surface area contributed by atoms with Crippen molar-refractivity contribution in [2.45, 2.75) is 19.3 Å². The summed E-state index contributed by atoms with van der Waals surface area (Å²) in [5.41, 5.74) is 0.000899. The van der Waals surface area contributed by atoms with Crippen molar-refractivity contribution in [3.05, 3.63) is 23.8 Å². The Balaban J connectivity index is 2.31. The molecule has 0 aromatic heterocycles. The molecule has 1 aliphatic carbocycles. The monoisotopic (exact) mass is 250 g/mol. The van der Waals surface area contributed by atoms with Crippen LogP contribution in [0.2, 0.25) is 0 Å². The summed E-state index contributed by atoms with van der Waals surface area (Å²) in [4.78, 5) is 12.4. The number of carbonyl (C=O) groups excluding carboxylic acids is 1. The molecular weight excluding hydrogens is 232 g/mol. The van der Waals surface area contributed by atoms with Gasteiger partial charge in [0.1, 0.15) is 0 Å². The Kier molecular flexibility index (Phi) is 3.57. The molecule has 4 nitrogen and oxygen atoms in total. The third kappa shape index (κ3) is 1.97. The van der Waals surface area contributed by atoms with Crippen LogP contribution in [0.25, 0.3) is 0 Å². The van der Waals surface area contributed by atoms with Gasteiger partial charge in [0, 0.05) is 5.56 Å². The van der Waals surface area contributed by atoms with Crippen molar-refractivity contribution in [3.63, 3.8) is 0 Å². The van der Waals surface area contributed by atoms with Gasteiger partial charge in [-0.1, -0.05) is 6.42 Å². The minimum Gasteiger partial charge on any atom is -0.493 e. The van der Waals surface area contributed by atoms with Crippen LogP contribution >= 0.6 is 0 Å². The summed E-state index contributed by atoms with van der Waals surface area (Å²) >= 11 is 0. The van der Waals surface area contributed by atoms with E-state index in [1.165, 1.54) is 7.11 Å². The molecule has 98 valence electrons. The van der Waals surface area contributed by atoms with E-state index in [9.17, 15) is 9.90 Å². The average Bonchev–Trinajstić information content (AvgIpc) is 2.37. The first-order valence-electron chi connectivity index (χ1n) is 6.04. The van der Waals surface area contributed by atoms with E-state index in [0.29, 0.717) is 17.1 Å². The molecule has 0 bridgehead atoms. The third-order valence-corrected chi connectivity index (χ3v) is 3.74. The lowest BCUT2D eigenvalue weighted by molar-refractivity contribution is 0.0347. The van der Waals surface area contributed by atoms with Crippen molar-refractivity contribution in [2.24, 2.45) is 5.41 Å². The number of hydrogen-bond acceptors (Lipinski definition) is 4. The molecule has 0 atom stereocenters. The lowest BCUT2D eigenvalue weighted by Crippen LogP contribution is -2.41. The first kappa shape index (κ1) is 12.9. The number of rotatable bonds is 5. The zero-order valence-corrected chi connectivity index (χ0v) is 10.7. The molecule has 0 unspecified atom stereocenters. The van der Waals surface area contributed by atoms with Crippen molar-refractivity contribution in [1.82, 2.24) is 0 Å². The molecule has 1 aromatic carbocycles. The SMILES string of the molecule is COc1ccc(C(=O)C2(CO)CCC2)cc1OC. The number of benzene rings is 1. The summed E-state index contributed by atoms with van der Waals surface area (Å²) in [5.74, 6) is 1.13. The van der Waals surface area contributed by atoms with Gasteiger partial charge in [0.05, 0.1) is 26.2 Å². The van der Waals surface area contributed by atoms with E-state index in [2.05, 4.69) is 0 Å². The van der Waals surface area contributed by atoms with Crippen molar-refractivity contribution in [1.29, 1.82) is 0 Å². The van der Waals surface area contributed by atoms with Gasteiger partial charge in [-0.15, -0.1) is 0 Å². The van der Waals surface area contributed by atoms with Crippen LogP contribution in [0.15, 0.2) is 18.2 Å². The Morgan fingerprint density at radius 3 is 2.39 bits per heavy atom. The molecule has 1 saturated carbocycles. The van der Waals surface area contributed by atoms with Gasteiger partial charge in [0.15, 0.2) is 17.3 Å². The molecule has 0 radical (unpaired) electrons.